The summed E-state index contributed by atoms with van der Waals surface area (Å²) in [6, 6.07) is 12.9. The van der Waals surface area contributed by atoms with Crippen LogP contribution in [0.25, 0.3) is 5.57 Å². The van der Waals surface area contributed by atoms with Crippen molar-refractivity contribution >= 4 is 45.8 Å². The average Bonchev–Trinajstić information content (AvgIpc) is 2.83. The van der Waals surface area contributed by atoms with Crippen LogP contribution in [0.2, 0.25) is 5.02 Å². The van der Waals surface area contributed by atoms with Crippen molar-refractivity contribution < 1.29 is 9.59 Å². The Hall–Kier alpha value is -2.04. The number of halogens is 1. The molecule has 2 aromatic carbocycles. The van der Waals surface area contributed by atoms with Crippen LogP contribution in [0.1, 0.15) is 23.6 Å². The molecule has 0 unspecified atom stereocenters. The summed E-state index contributed by atoms with van der Waals surface area (Å²) < 4.78 is 0. The lowest BCUT2D eigenvalue weighted by Gasteiger charge is -2.16. The van der Waals surface area contributed by atoms with E-state index in [0.29, 0.717) is 15.6 Å². The molecule has 3 rings (SSSR count). The first-order valence-electron chi connectivity index (χ1n) is 7.49. The second kappa shape index (κ2) is 6.46. The van der Waals surface area contributed by atoms with Crippen LogP contribution in [0.5, 0.6) is 0 Å². The highest BCUT2D eigenvalue weighted by Crippen LogP contribution is 2.40. The molecular weight excluding hydrogens is 342 g/mol. The van der Waals surface area contributed by atoms with Gasteiger partial charge < -0.3 is 0 Å². The van der Waals surface area contributed by atoms with Gasteiger partial charge in [0.15, 0.2) is 0 Å². The van der Waals surface area contributed by atoms with Gasteiger partial charge in [0.25, 0.3) is 11.1 Å². The first kappa shape index (κ1) is 16.8. The molecule has 1 saturated heterocycles. The minimum Gasteiger partial charge on any atom is -0.268 e. The van der Waals surface area contributed by atoms with Crippen LogP contribution in [0.3, 0.4) is 0 Å². The second-order valence-corrected chi connectivity index (χ2v) is 7.16. The van der Waals surface area contributed by atoms with Crippen molar-refractivity contribution in [3.8, 4) is 0 Å². The van der Waals surface area contributed by atoms with E-state index >= 15 is 0 Å². The van der Waals surface area contributed by atoms with E-state index in [1.165, 1.54) is 4.90 Å². The summed E-state index contributed by atoms with van der Waals surface area (Å²) in [5.41, 5.74) is 4.30. The number of hydrogen-bond acceptors (Lipinski definition) is 3. The number of carbonyl (C=O) groups is 2. The van der Waals surface area contributed by atoms with E-state index in [9.17, 15) is 9.59 Å². The van der Waals surface area contributed by atoms with Gasteiger partial charge in [-0.15, -0.1) is 0 Å². The molecule has 0 aliphatic carbocycles. The molecule has 0 saturated carbocycles. The van der Waals surface area contributed by atoms with Crippen LogP contribution in [-0.2, 0) is 4.79 Å². The van der Waals surface area contributed by atoms with Gasteiger partial charge in [-0.1, -0.05) is 41.4 Å². The predicted octanol–water partition coefficient (Wildman–Crippen LogP) is 5.59. The zero-order valence-electron chi connectivity index (χ0n) is 13.6. The van der Waals surface area contributed by atoms with Crippen molar-refractivity contribution in [2.75, 3.05) is 4.90 Å². The Morgan fingerprint density at radius 1 is 1.04 bits per heavy atom. The third-order valence-corrected chi connectivity index (χ3v) is 5.27. The van der Waals surface area contributed by atoms with E-state index in [4.69, 9.17) is 11.6 Å². The second-order valence-electron chi connectivity index (χ2n) is 5.76. The maximum atomic E-state index is 12.8. The Morgan fingerprint density at radius 2 is 1.71 bits per heavy atom. The number of carbonyl (C=O) groups excluding carboxylic acids is 2. The normalized spacial score (nSPS) is 16.8. The molecule has 1 heterocycles. The smallest absolute Gasteiger partial charge is 0.268 e. The molecule has 2 aromatic rings. The molecule has 5 heteroatoms. The standard InChI is InChI=1S/C19H16ClNO2S/c1-11-4-9-16(12(2)10-11)21-18(22)17(24-19(21)23)13(3)14-5-7-15(20)8-6-14/h4-10H,1-3H3/b17-13-. The van der Waals surface area contributed by atoms with E-state index in [1.54, 1.807) is 12.1 Å². The Morgan fingerprint density at radius 3 is 2.33 bits per heavy atom. The quantitative estimate of drug-likeness (QED) is 0.657. The number of nitrogens with zero attached hydrogens (tertiary/aromatic N) is 1. The Balaban J connectivity index is 2.02. The first-order chi connectivity index (χ1) is 11.4. The number of allylic oxidation sites excluding steroid dienone is 1. The molecule has 3 nitrogen and oxygen atoms in total. The number of thioether (sulfide) groups is 1. The number of rotatable bonds is 2. The van der Waals surface area contributed by atoms with Gasteiger partial charge in [-0.3, -0.25) is 9.59 Å². The fourth-order valence-corrected chi connectivity index (χ4v) is 3.72. The van der Waals surface area contributed by atoms with Crippen molar-refractivity contribution in [2.45, 2.75) is 20.8 Å². The number of anilines is 1. The van der Waals surface area contributed by atoms with E-state index in [-0.39, 0.29) is 11.1 Å². The molecule has 122 valence electrons. The summed E-state index contributed by atoms with van der Waals surface area (Å²) in [6.45, 7) is 5.73. The lowest BCUT2D eigenvalue weighted by molar-refractivity contribution is -0.113. The molecule has 0 N–H and O–H groups in total. The van der Waals surface area contributed by atoms with Gasteiger partial charge in [-0.2, -0.15) is 0 Å². The molecule has 0 radical (unpaired) electrons. The summed E-state index contributed by atoms with van der Waals surface area (Å²) >= 11 is 6.89. The molecule has 1 aliphatic rings. The van der Waals surface area contributed by atoms with E-state index in [2.05, 4.69) is 0 Å². The Labute approximate surface area is 150 Å². The number of benzene rings is 2. The van der Waals surface area contributed by atoms with Crippen molar-refractivity contribution in [2.24, 2.45) is 0 Å². The third-order valence-electron chi connectivity index (χ3n) is 3.98. The van der Waals surface area contributed by atoms with E-state index in [0.717, 1.165) is 34.0 Å². The van der Waals surface area contributed by atoms with Gasteiger partial charge in [-0.25, -0.2) is 4.90 Å². The minimum atomic E-state index is -0.274. The highest BCUT2D eigenvalue weighted by molar-refractivity contribution is 8.19. The highest BCUT2D eigenvalue weighted by atomic mass is 35.5. The highest BCUT2D eigenvalue weighted by Gasteiger charge is 2.38. The summed E-state index contributed by atoms with van der Waals surface area (Å²) in [4.78, 5) is 27.0. The van der Waals surface area contributed by atoms with Gasteiger partial charge in [0.2, 0.25) is 0 Å². The fourth-order valence-electron chi connectivity index (χ4n) is 2.69. The molecule has 24 heavy (non-hydrogen) atoms. The van der Waals surface area contributed by atoms with Crippen LogP contribution >= 0.6 is 23.4 Å². The van der Waals surface area contributed by atoms with Crippen LogP contribution in [0.15, 0.2) is 47.4 Å². The molecule has 0 aromatic heterocycles. The van der Waals surface area contributed by atoms with Crippen molar-refractivity contribution in [3.63, 3.8) is 0 Å². The number of aryl methyl sites for hydroxylation is 2. The minimum absolute atomic E-state index is 0.268. The molecule has 1 fully saturated rings. The van der Waals surface area contributed by atoms with Crippen LogP contribution in [0, 0.1) is 13.8 Å². The molecule has 0 spiro atoms. The summed E-state index contributed by atoms with van der Waals surface area (Å²) in [6.07, 6.45) is 0. The van der Waals surface area contributed by atoms with E-state index < -0.39 is 0 Å². The lowest BCUT2D eigenvalue weighted by Crippen LogP contribution is -2.28. The van der Waals surface area contributed by atoms with Gasteiger partial charge in [0, 0.05) is 5.02 Å². The summed E-state index contributed by atoms with van der Waals surface area (Å²) in [5.74, 6) is -0.274. The topological polar surface area (TPSA) is 37.4 Å². The number of hydrogen-bond donors (Lipinski definition) is 0. The molecule has 0 atom stereocenters. The fraction of sp³-hybridized carbons (Fsp3) is 0.158. The lowest BCUT2D eigenvalue weighted by atomic mass is 10.1. The monoisotopic (exact) mass is 357 g/mol. The largest absolute Gasteiger partial charge is 0.298 e. The third kappa shape index (κ3) is 2.99. The predicted molar refractivity (Wildman–Crippen MR) is 100 cm³/mol. The number of amides is 2. The Bertz CT molecular complexity index is 871. The van der Waals surface area contributed by atoms with Crippen molar-refractivity contribution in [3.05, 3.63) is 69.1 Å². The molecule has 0 bridgehead atoms. The Kier molecular flexibility index (Phi) is 4.52. The maximum absolute atomic E-state index is 12.8. The zero-order valence-corrected chi connectivity index (χ0v) is 15.2. The van der Waals surface area contributed by atoms with E-state index in [1.807, 2.05) is 51.1 Å². The van der Waals surface area contributed by atoms with Gasteiger partial charge in [-0.05, 0) is 67.4 Å². The van der Waals surface area contributed by atoms with Gasteiger partial charge >= 0.3 is 0 Å². The summed E-state index contributed by atoms with van der Waals surface area (Å²) in [5, 5.41) is 0.366. The zero-order chi connectivity index (χ0) is 17.4. The molecule has 2 amide bonds. The van der Waals surface area contributed by atoms with Crippen LogP contribution in [0.4, 0.5) is 10.5 Å². The number of imide groups is 1. The van der Waals surface area contributed by atoms with Gasteiger partial charge in [0.05, 0.1) is 10.6 Å². The van der Waals surface area contributed by atoms with Crippen molar-refractivity contribution in [1.29, 1.82) is 0 Å². The van der Waals surface area contributed by atoms with Gasteiger partial charge in [0.1, 0.15) is 0 Å². The van der Waals surface area contributed by atoms with Crippen LogP contribution in [-0.4, -0.2) is 11.1 Å². The summed E-state index contributed by atoms with van der Waals surface area (Å²) in [7, 11) is 0. The average molecular weight is 358 g/mol. The van der Waals surface area contributed by atoms with Crippen LogP contribution < -0.4 is 4.90 Å². The maximum Gasteiger partial charge on any atom is 0.298 e. The van der Waals surface area contributed by atoms with Crippen molar-refractivity contribution in [1.82, 2.24) is 0 Å². The molecule has 1 aliphatic heterocycles. The first-order valence-corrected chi connectivity index (χ1v) is 8.68. The molecular formula is C19H16ClNO2S. The SMILES string of the molecule is C/C(=C1/SC(=O)N(c2ccc(C)cc2C)C1=O)c1ccc(Cl)cc1.